The number of hydrogen-bond donors (Lipinski definition) is 3. The van der Waals surface area contributed by atoms with Gasteiger partial charge in [0.15, 0.2) is 0 Å². The van der Waals surface area contributed by atoms with Gasteiger partial charge in [0.2, 0.25) is 0 Å². The topological polar surface area (TPSA) is 126 Å². The Morgan fingerprint density at radius 1 is 1.08 bits per heavy atom. The molecule has 206 valence electrons. The summed E-state index contributed by atoms with van der Waals surface area (Å²) >= 11 is 0. The molecule has 1 amide bonds. The Balaban J connectivity index is 0.000000505. The monoisotopic (exact) mass is 538 g/mol. The normalized spacial score (nSPS) is 14.4. The maximum atomic E-state index is 12.5. The molecule has 2 aromatic carbocycles. The summed E-state index contributed by atoms with van der Waals surface area (Å²) in [7, 11) is 3.12. The van der Waals surface area contributed by atoms with Crippen molar-refractivity contribution >= 4 is 22.9 Å². The number of carbonyl (C=O) groups is 2. The molecule has 10 nitrogen and oxygen atoms in total. The molecular weight excluding hydrogens is 509 g/mol. The number of piperidine rings is 1. The number of hydrogen-bond acceptors (Lipinski definition) is 6. The molecule has 1 fully saturated rings. The number of nitrogens with zero attached hydrogens (tertiary/aromatic N) is 2. The number of halogens is 3. The zero-order valence-electron chi connectivity index (χ0n) is 20.9. The average molecular weight is 539 g/mol. The predicted octanol–water partition coefficient (Wildman–Crippen LogP) is 3.05. The van der Waals surface area contributed by atoms with Gasteiger partial charge in [-0.25, -0.2) is 9.59 Å². The summed E-state index contributed by atoms with van der Waals surface area (Å²) in [6.45, 7) is 3.09. The fraction of sp³-hybridized carbons (Fsp3) is 0.400. The van der Waals surface area contributed by atoms with Gasteiger partial charge in [-0.05, 0) is 37.1 Å². The molecule has 0 saturated carbocycles. The van der Waals surface area contributed by atoms with Crippen molar-refractivity contribution < 1.29 is 37.3 Å². The molecule has 0 bridgehead atoms. The largest absolute Gasteiger partial charge is 0.497 e. The standard InChI is InChI=1S/C23H28N4O4.C2HF3O2/c1-30-18-13-16(14-19(15-18)31-2)22(28)24-9-12-26-10-7-17(8-11-26)27-21-6-4-3-5-20(21)25-23(27)29;3-2(4,5)1(6)7/h3-6,13-15,17H,7-12H2,1-2H3,(H,24,28)(H,25,29);(H,6,7). The van der Waals surface area contributed by atoms with E-state index >= 15 is 0 Å². The summed E-state index contributed by atoms with van der Waals surface area (Å²) in [4.78, 5) is 39.1. The van der Waals surface area contributed by atoms with Crippen molar-refractivity contribution in [1.29, 1.82) is 0 Å². The van der Waals surface area contributed by atoms with Crippen LogP contribution < -0.4 is 20.5 Å². The van der Waals surface area contributed by atoms with Gasteiger partial charge >= 0.3 is 17.8 Å². The third kappa shape index (κ3) is 7.28. The second-order valence-electron chi connectivity index (χ2n) is 8.55. The van der Waals surface area contributed by atoms with Gasteiger partial charge in [-0.1, -0.05) is 12.1 Å². The van der Waals surface area contributed by atoms with Crippen LogP contribution in [0, 0.1) is 0 Å². The van der Waals surface area contributed by atoms with E-state index in [4.69, 9.17) is 19.4 Å². The van der Waals surface area contributed by atoms with Crippen molar-refractivity contribution in [2.45, 2.75) is 25.1 Å². The Bertz CT molecular complexity index is 1290. The van der Waals surface area contributed by atoms with Gasteiger partial charge in [0.05, 0.1) is 25.3 Å². The lowest BCUT2D eigenvalue weighted by Gasteiger charge is -2.32. The highest BCUT2D eigenvalue weighted by Crippen LogP contribution is 2.25. The highest BCUT2D eigenvalue weighted by atomic mass is 19.4. The highest BCUT2D eigenvalue weighted by molar-refractivity contribution is 5.95. The van der Waals surface area contributed by atoms with Crippen LogP contribution in [0.3, 0.4) is 0 Å². The summed E-state index contributed by atoms with van der Waals surface area (Å²) in [5.74, 6) is -1.75. The molecular formula is C25H29F3N4O6. The molecule has 3 N–H and O–H groups in total. The number of likely N-dealkylation sites (tertiary alicyclic amines) is 1. The zero-order valence-corrected chi connectivity index (χ0v) is 20.9. The van der Waals surface area contributed by atoms with Crippen LogP contribution in [0.25, 0.3) is 11.0 Å². The number of rotatable bonds is 7. The van der Waals surface area contributed by atoms with Crippen molar-refractivity contribution in [3.05, 3.63) is 58.5 Å². The summed E-state index contributed by atoms with van der Waals surface area (Å²) in [6, 6.07) is 13.1. The number of carboxylic acids is 1. The number of para-hydroxylation sites is 2. The number of aromatic amines is 1. The predicted molar refractivity (Wildman–Crippen MR) is 133 cm³/mol. The van der Waals surface area contributed by atoms with Crippen LogP contribution in [0.4, 0.5) is 13.2 Å². The zero-order chi connectivity index (χ0) is 27.9. The molecule has 1 aromatic heterocycles. The summed E-state index contributed by atoms with van der Waals surface area (Å²) < 4.78 is 44.1. The average Bonchev–Trinajstić information content (AvgIpc) is 3.24. The van der Waals surface area contributed by atoms with Crippen molar-refractivity contribution in [3.8, 4) is 11.5 Å². The molecule has 1 aliphatic rings. The lowest BCUT2D eigenvalue weighted by atomic mass is 10.0. The van der Waals surface area contributed by atoms with Crippen LogP contribution >= 0.6 is 0 Å². The Morgan fingerprint density at radius 3 is 2.21 bits per heavy atom. The number of imidazole rings is 1. The first-order valence-corrected chi connectivity index (χ1v) is 11.8. The Hall–Kier alpha value is -4.00. The van der Waals surface area contributed by atoms with E-state index in [1.807, 2.05) is 28.8 Å². The third-order valence-corrected chi connectivity index (χ3v) is 6.12. The van der Waals surface area contributed by atoms with Gasteiger partial charge in [-0.15, -0.1) is 0 Å². The summed E-state index contributed by atoms with van der Waals surface area (Å²) in [5.41, 5.74) is 2.31. The molecule has 1 saturated heterocycles. The van der Waals surface area contributed by atoms with Gasteiger partial charge in [0.1, 0.15) is 11.5 Å². The molecule has 1 aliphatic heterocycles. The number of aromatic nitrogens is 2. The molecule has 13 heteroatoms. The number of aliphatic carboxylic acids is 1. The van der Waals surface area contributed by atoms with Crippen molar-refractivity contribution in [2.75, 3.05) is 40.4 Å². The summed E-state index contributed by atoms with van der Waals surface area (Å²) in [6.07, 6.45) is -3.27. The number of amides is 1. The Kier molecular flexibility index (Phi) is 9.40. The fourth-order valence-corrected chi connectivity index (χ4v) is 4.21. The Labute approximate surface area is 216 Å². The maximum absolute atomic E-state index is 12.5. The first kappa shape index (κ1) is 28.6. The number of methoxy groups -OCH3 is 2. The van der Waals surface area contributed by atoms with E-state index in [0.29, 0.717) is 23.6 Å². The number of carboxylic acid groups (broad SMARTS) is 1. The third-order valence-electron chi connectivity index (χ3n) is 6.12. The second kappa shape index (κ2) is 12.5. The first-order chi connectivity index (χ1) is 18.0. The molecule has 2 heterocycles. The van der Waals surface area contributed by atoms with Crippen molar-refractivity contribution in [3.63, 3.8) is 0 Å². The molecule has 0 atom stereocenters. The number of H-pyrrole nitrogens is 1. The number of alkyl halides is 3. The number of fused-ring (bicyclic) bond motifs is 1. The molecule has 0 spiro atoms. The van der Waals surface area contributed by atoms with Crippen LogP contribution in [-0.4, -0.2) is 78.0 Å². The van der Waals surface area contributed by atoms with Crippen LogP contribution in [0.1, 0.15) is 29.2 Å². The Morgan fingerprint density at radius 2 is 1.66 bits per heavy atom. The van der Waals surface area contributed by atoms with Gasteiger partial charge in [-0.3, -0.25) is 9.36 Å². The minimum Gasteiger partial charge on any atom is -0.497 e. The summed E-state index contributed by atoms with van der Waals surface area (Å²) in [5, 5.41) is 10.1. The van der Waals surface area contributed by atoms with Crippen LogP contribution in [0.5, 0.6) is 11.5 Å². The quantitative estimate of drug-likeness (QED) is 0.422. The maximum Gasteiger partial charge on any atom is 0.490 e. The number of benzene rings is 2. The van der Waals surface area contributed by atoms with Gasteiger partial charge in [0.25, 0.3) is 5.91 Å². The molecule has 38 heavy (non-hydrogen) atoms. The molecule has 0 unspecified atom stereocenters. The minimum atomic E-state index is -5.08. The first-order valence-electron chi connectivity index (χ1n) is 11.8. The molecule has 4 rings (SSSR count). The van der Waals surface area contributed by atoms with E-state index in [1.54, 1.807) is 32.4 Å². The van der Waals surface area contributed by atoms with E-state index in [2.05, 4.69) is 15.2 Å². The van der Waals surface area contributed by atoms with Crippen molar-refractivity contribution in [2.24, 2.45) is 0 Å². The lowest BCUT2D eigenvalue weighted by molar-refractivity contribution is -0.192. The number of ether oxygens (including phenoxy) is 2. The van der Waals surface area contributed by atoms with Crippen LogP contribution in [0.15, 0.2) is 47.3 Å². The van der Waals surface area contributed by atoms with E-state index < -0.39 is 12.1 Å². The smallest absolute Gasteiger partial charge is 0.490 e. The van der Waals surface area contributed by atoms with Crippen LogP contribution in [-0.2, 0) is 4.79 Å². The van der Waals surface area contributed by atoms with E-state index in [9.17, 15) is 22.8 Å². The second-order valence-corrected chi connectivity index (χ2v) is 8.55. The van der Waals surface area contributed by atoms with E-state index in [1.165, 1.54) is 0 Å². The highest BCUT2D eigenvalue weighted by Gasteiger charge is 2.38. The van der Waals surface area contributed by atoms with Gasteiger partial charge < -0.3 is 29.8 Å². The number of nitrogens with one attached hydrogen (secondary N) is 2. The fourth-order valence-electron chi connectivity index (χ4n) is 4.21. The molecule has 3 aromatic rings. The van der Waals surface area contributed by atoms with Gasteiger partial charge in [0, 0.05) is 43.9 Å². The van der Waals surface area contributed by atoms with Crippen molar-refractivity contribution in [1.82, 2.24) is 19.8 Å². The molecule has 0 radical (unpaired) electrons. The van der Waals surface area contributed by atoms with E-state index in [-0.39, 0.29) is 17.6 Å². The molecule has 0 aliphatic carbocycles. The van der Waals surface area contributed by atoms with Crippen LogP contribution in [0.2, 0.25) is 0 Å². The number of carbonyl (C=O) groups excluding carboxylic acids is 1. The van der Waals surface area contributed by atoms with Gasteiger partial charge in [-0.2, -0.15) is 13.2 Å². The SMILES string of the molecule is COc1cc(OC)cc(C(=O)NCCN2CCC(n3c(=O)[nH]c4ccccc43)CC2)c1.O=C(O)C(F)(F)F. The minimum absolute atomic E-state index is 0.0411. The van der Waals surface area contributed by atoms with E-state index in [0.717, 1.165) is 43.5 Å². The lowest BCUT2D eigenvalue weighted by Crippen LogP contribution is -2.41.